The summed E-state index contributed by atoms with van der Waals surface area (Å²) in [5, 5.41) is 3.29. The van der Waals surface area contributed by atoms with Crippen molar-refractivity contribution in [2.45, 2.75) is 19.9 Å². The van der Waals surface area contributed by atoms with E-state index >= 15 is 0 Å². The number of nitrogens with one attached hydrogen (secondary N) is 1. The van der Waals surface area contributed by atoms with E-state index < -0.39 is 0 Å². The summed E-state index contributed by atoms with van der Waals surface area (Å²) in [4.78, 5) is 0. The van der Waals surface area contributed by atoms with Gasteiger partial charge >= 0.3 is 0 Å². The summed E-state index contributed by atoms with van der Waals surface area (Å²) in [7, 11) is 1.95. The number of rotatable bonds is 7. The molecule has 0 saturated heterocycles. The third-order valence-electron chi connectivity index (χ3n) is 3.35. The Morgan fingerprint density at radius 3 is 2.38 bits per heavy atom. The van der Waals surface area contributed by atoms with Crippen molar-refractivity contribution >= 4 is 0 Å². The predicted octanol–water partition coefficient (Wildman–Crippen LogP) is 3.73. The smallest absolute Gasteiger partial charge is 0.119 e. The fraction of sp³-hybridized carbons (Fsp3) is 0.333. The van der Waals surface area contributed by atoms with Crippen LogP contribution in [0.5, 0.6) is 11.5 Å². The third kappa shape index (κ3) is 4.50. The van der Waals surface area contributed by atoms with Crippen molar-refractivity contribution in [3.8, 4) is 11.5 Å². The first-order valence-corrected chi connectivity index (χ1v) is 7.32. The van der Waals surface area contributed by atoms with Gasteiger partial charge in [-0.05, 0) is 56.3 Å². The van der Waals surface area contributed by atoms with Gasteiger partial charge in [0.2, 0.25) is 0 Å². The Morgan fingerprint density at radius 1 is 1.00 bits per heavy atom. The highest BCUT2D eigenvalue weighted by molar-refractivity contribution is 5.30. The van der Waals surface area contributed by atoms with E-state index in [4.69, 9.17) is 9.47 Å². The monoisotopic (exact) mass is 285 g/mol. The molecular formula is C18H23NO2. The van der Waals surface area contributed by atoms with Gasteiger partial charge in [0.05, 0.1) is 12.6 Å². The van der Waals surface area contributed by atoms with Gasteiger partial charge in [0, 0.05) is 0 Å². The molecule has 2 aromatic rings. The van der Waals surface area contributed by atoms with Crippen LogP contribution in [0.2, 0.25) is 0 Å². The van der Waals surface area contributed by atoms with Gasteiger partial charge in [0.1, 0.15) is 18.1 Å². The minimum absolute atomic E-state index is 0.154. The van der Waals surface area contributed by atoms with Crippen LogP contribution in [-0.2, 0) is 0 Å². The molecule has 0 aliphatic heterocycles. The molecule has 0 fully saturated rings. The van der Waals surface area contributed by atoms with E-state index in [1.54, 1.807) is 0 Å². The second-order valence-corrected chi connectivity index (χ2v) is 4.97. The van der Waals surface area contributed by atoms with Crippen LogP contribution >= 0.6 is 0 Å². The third-order valence-corrected chi connectivity index (χ3v) is 3.35. The summed E-state index contributed by atoms with van der Waals surface area (Å²) in [6.07, 6.45) is 0. The normalized spacial score (nSPS) is 12.0. The Morgan fingerprint density at radius 2 is 1.76 bits per heavy atom. The lowest BCUT2D eigenvalue weighted by Gasteiger charge is -2.18. The molecule has 1 unspecified atom stereocenters. The van der Waals surface area contributed by atoms with Crippen LogP contribution in [0.1, 0.15) is 24.1 Å². The SMILES string of the molecule is CCOc1ccc(C(COc2cccc(C)c2)NC)cc1. The standard InChI is InChI=1S/C18H23NO2/c1-4-20-16-10-8-15(9-11-16)18(19-3)13-21-17-7-5-6-14(2)12-17/h5-12,18-19H,4,13H2,1-3H3. The molecule has 0 radical (unpaired) electrons. The van der Waals surface area contributed by atoms with E-state index in [0.29, 0.717) is 13.2 Å². The maximum absolute atomic E-state index is 5.88. The molecule has 0 spiro atoms. The van der Waals surface area contributed by atoms with Gasteiger partial charge in [-0.25, -0.2) is 0 Å². The second kappa shape index (κ2) is 7.70. The molecule has 0 aliphatic rings. The predicted molar refractivity (Wildman–Crippen MR) is 86.1 cm³/mol. The summed E-state index contributed by atoms with van der Waals surface area (Å²) in [5.74, 6) is 1.80. The molecule has 3 heteroatoms. The Bertz CT molecular complexity index is 551. The highest BCUT2D eigenvalue weighted by atomic mass is 16.5. The van der Waals surface area contributed by atoms with Crippen molar-refractivity contribution in [3.63, 3.8) is 0 Å². The van der Waals surface area contributed by atoms with Gasteiger partial charge in [0.25, 0.3) is 0 Å². The maximum atomic E-state index is 5.88. The molecule has 1 atom stereocenters. The lowest BCUT2D eigenvalue weighted by Crippen LogP contribution is -2.23. The fourth-order valence-electron chi connectivity index (χ4n) is 2.19. The van der Waals surface area contributed by atoms with E-state index in [2.05, 4.69) is 30.4 Å². The molecule has 0 heterocycles. The molecule has 21 heavy (non-hydrogen) atoms. The van der Waals surface area contributed by atoms with Crippen LogP contribution in [0.25, 0.3) is 0 Å². The Labute approximate surface area is 126 Å². The van der Waals surface area contributed by atoms with Gasteiger partial charge in [-0.15, -0.1) is 0 Å². The van der Waals surface area contributed by atoms with E-state index in [-0.39, 0.29) is 6.04 Å². The average molecular weight is 285 g/mol. The van der Waals surface area contributed by atoms with E-state index in [1.165, 1.54) is 11.1 Å². The van der Waals surface area contributed by atoms with Crippen molar-refractivity contribution in [1.82, 2.24) is 5.32 Å². The Kier molecular flexibility index (Phi) is 5.64. The zero-order chi connectivity index (χ0) is 15.1. The average Bonchev–Trinajstić information content (AvgIpc) is 2.50. The van der Waals surface area contributed by atoms with Crippen molar-refractivity contribution in [2.24, 2.45) is 0 Å². The summed E-state index contributed by atoms with van der Waals surface area (Å²) < 4.78 is 11.3. The molecule has 1 N–H and O–H groups in total. The molecule has 2 rings (SSSR count). The summed E-state index contributed by atoms with van der Waals surface area (Å²) in [6, 6.07) is 16.4. The van der Waals surface area contributed by atoms with Crippen LogP contribution in [0.15, 0.2) is 48.5 Å². The van der Waals surface area contributed by atoms with Crippen LogP contribution in [-0.4, -0.2) is 20.3 Å². The molecule has 0 saturated carbocycles. The second-order valence-electron chi connectivity index (χ2n) is 4.97. The fourth-order valence-corrected chi connectivity index (χ4v) is 2.19. The number of aryl methyl sites for hydroxylation is 1. The number of hydrogen-bond donors (Lipinski definition) is 1. The first-order valence-electron chi connectivity index (χ1n) is 7.32. The van der Waals surface area contributed by atoms with Crippen molar-refractivity contribution in [3.05, 3.63) is 59.7 Å². The van der Waals surface area contributed by atoms with Gasteiger partial charge in [0.15, 0.2) is 0 Å². The minimum Gasteiger partial charge on any atom is -0.494 e. The van der Waals surface area contributed by atoms with Crippen LogP contribution in [0.3, 0.4) is 0 Å². The van der Waals surface area contributed by atoms with Crippen molar-refractivity contribution in [2.75, 3.05) is 20.3 Å². The molecule has 112 valence electrons. The first kappa shape index (κ1) is 15.4. The van der Waals surface area contributed by atoms with Gasteiger partial charge in [-0.2, -0.15) is 0 Å². The molecule has 0 amide bonds. The van der Waals surface area contributed by atoms with Crippen molar-refractivity contribution in [1.29, 1.82) is 0 Å². The Hall–Kier alpha value is -2.00. The molecule has 3 nitrogen and oxygen atoms in total. The van der Waals surface area contributed by atoms with E-state index in [9.17, 15) is 0 Å². The maximum Gasteiger partial charge on any atom is 0.119 e. The zero-order valence-electron chi connectivity index (χ0n) is 12.9. The topological polar surface area (TPSA) is 30.5 Å². The van der Waals surface area contributed by atoms with E-state index in [0.717, 1.165) is 11.5 Å². The van der Waals surface area contributed by atoms with Gasteiger partial charge in [-0.3, -0.25) is 0 Å². The van der Waals surface area contributed by atoms with Crippen LogP contribution < -0.4 is 14.8 Å². The summed E-state index contributed by atoms with van der Waals surface area (Å²) in [5.41, 5.74) is 2.39. The lowest BCUT2D eigenvalue weighted by molar-refractivity contribution is 0.272. The first-order chi connectivity index (χ1) is 10.2. The summed E-state index contributed by atoms with van der Waals surface area (Å²) >= 11 is 0. The largest absolute Gasteiger partial charge is 0.494 e. The highest BCUT2D eigenvalue weighted by Crippen LogP contribution is 2.20. The molecule has 0 aromatic heterocycles. The quantitative estimate of drug-likeness (QED) is 0.840. The highest BCUT2D eigenvalue weighted by Gasteiger charge is 2.10. The molecule has 0 bridgehead atoms. The number of hydrogen-bond acceptors (Lipinski definition) is 3. The zero-order valence-corrected chi connectivity index (χ0v) is 12.9. The molecular weight excluding hydrogens is 262 g/mol. The van der Waals surface area contributed by atoms with Crippen LogP contribution in [0.4, 0.5) is 0 Å². The minimum atomic E-state index is 0.154. The number of ether oxygens (including phenoxy) is 2. The van der Waals surface area contributed by atoms with Gasteiger partial charge in [-0.1, -0.05) is 24.3 Å². The summed E-state index contributed by atoms with van der Waals surface area (Å²) in [6.45, 7) is 5.33. The lowest BCUT2D eigenvalue weighted by atomic mass is 10.1. The van der Waals surface area contributed by atoms with Gasteiger partial charge < -0.3 is 14.8 Å². The molecule has 0 aliphatic carbocycles. The number of benzene rings is 2. The number of likely N-dealkylation sites (N-methyl/N-ethyl adjacent to an activating group) is 1. The van der Waals surface area contributed by atoms with Crippen LogP contribution in [0, 0.1) is 6.92 Å². The van der Waals surface area contributed by atoms with Crippen molar-refractivity contribution < 1.29 is 9.47 Å². The Balaban J connectivity index is 1.99. The van der Waals surface area contributed by atoms with E-state index in [1.807, 2.05) is 44.3 Å². The molecule has 2 aromatic carbocycles.